The quantitative estimate of drug-likeness (QED) is 0.645. The normalized spacial score (nSPS) is 12.6. The smallest absolute Gasteiger partial charge is 0.0683 e. The van der Waals surface area contributed by atoms with Gasteiger partial charge in [0, 0.05) is 11.2 Å². The maximum atomic E-state index is 5.56. The molecule has 0 bridgehead atoms. The van der Waals surface area contributed by atoms with Crippen LogP contribution in [-0.2, 0) is 4.74 Å². The Hall–Kier alpha value is 0.440. The molecule has 0 aliphatic rings. The molecule has 1 radical (unpaired) electrons. The molecule has 0 heterocycles. The predicted molar refractivity (Wildman–Crippen MR) is 48.4 cm³/mol. The highest BCUT2D eigenvalue weighted by atomic mass is 79.9. The van der Waals surface area contributed by atoms with Gasteiger partial charge in [-0.05, 0) is 13.8 Å². The SMILES string of the molecule is C[C](C)C(C)(C)OCCBr. The zero-order valence-electron chi connectivity index (χ0n) is 7.20. The fraction of sp³-hybridized carbons (Fsp3) is 0.875. The molecule has 0 saturated carbocycles. The van der Waals surface area contributed by atoms with Crippen molar-refractivity contribution in [2.24, 2.45) is 0 Å². The van der Waals surface area contributed by atoms with Gasteiger partial charge in [-0.3, -0.25) is 0 Å². The zero-order chi connectivity index (χ0) is 8.20. The van der Waals surface area contributed by atoms with Gasteiger partial charge in [0.25, 0.3) is 0 Å². The summed E-state index contributed by atoms with van der Waals surface area (Å²) in [5.74, 6) is 1.31. The summed E-state index contributed by atoms with van der Waals surface area (Å²) < 4.78 is 5.56. The molecule has 0 amide bonds. The zero-order valence-corrected chi connectivity index (χ0v) is 8.79. The summed E-state index contributed by atoms with van der Waals surface area (Å²) in [5, 5.41) is 0.906. The molecule has 0 aromatic carbocycles. The molecule has 0 rings (SSSR count). The number of ether oxygens (including phenoxy) is 1. The summed E-state index contributed by atoms with van der Waals surface area (Å²) >= 11 is 3.32. The van der Waals surface area contributed by atoms with E-state index in [4.69, 9.17) is 4.74 Å². The van der Waals surface area contributed by atoms with E-state index in [0.717, 1.165) is 11.9 Å². The lowest BCUT2D eigenvalue weighted by Crippen LogP contribution is -2.30. The first kappa shape index (κ1) is 10.4. The molecule has 1 nitrogen and oxygen atoms in total. The lowest BCUT2D eigenvalue weighted by molar-refractivity contribution is 0.00489. The Kier molecular flexibility index (Phi) is 4.54. The van der Waals surface area contributed by atoms with Gasteiger partial charge < -0.3 is 4.74 Å². The van der Waals surface area contributed by atoms with E-state index in [1.807, 2.05) is 0 Å². The molecule has 0 N–H and O–H groups in total. The fourth-order valence-electron chi connectivity index (χ4n) is 0.438. The lowest BCUT2D eigenvalue weighted by atomic mass is 9.95. The van der Waals surface area contributed by atoms with Crippen LogP contribution in [0.1, 0.15) is 27.7 Å². The standard InChI is InChI=1S/C8H16BrO/c1-7(2)8(3,4)10-6-5-9/h5-6H2,1-4H3. The Morgan fingerprint density at radius 3 is 2.20 bits per heavy atom. The average molecular weight is 208 g/mol. The molecule has 10 heavy (non-hydrogen) atoms. The van der Waals surface area contributed by atoms with Crippen LogP contribution in [0, 0.1) is 5.92 Å². The van der Waals surface area contributed by atoms with Gasteiger partial charge in [-0.25, -0.2) is 0 Å². The number of hydrogen-bond acceptors (Lipinski definition) is 1. The summed E-state index contributed by atoms with van der Waals surface area (Å²) in [4.78, 5) is 0. The van der Waals surface area contributed by atoms with Crippen LogP contribution in [0.25, 0.3) is 0 Å². The van der Waals surface area contributed by atoms with Gasteiger partial charge in [-0.2, -0.15) is 0 Å². The highest BCUT2D eigenvalue weighted by molar-refractivity contribution is 9.09. The molecular formula is C8H16BrO. The minimum atomic E-state index is -0.0617. The molecule has 0 saturated heterocycles. The lowest BCUT2D eigenvalue weighted by Gasteiger charge is -2.28. The van der Waals surface area contributed by atoms with Gasteiger partial charge in [0.15, 0.2) is 0 Å². The van der Waals surface area contributed by atoms with Gasteiger partial charge in [-0.1, -0.05) is 29.8 Å². The average Bonchev–Trinajstić information content (AvgIpc) is 1.84. The third-order valence-electron chi connectivity index (χ3n) is 1.74. The monoisotopic (exact) mass is 207 g/mol. The Bertz CT molecular complexity index is 89.3. The van der Waals surface area contributed by atoms with E-state index >= 15 is 0 Å². The molecule has 0 spiro atoms. The summed E-state index contributed by atoms with van der Waals surface area (Å²) in [6.07, 6.45) is 0. The van der Waals surface area contributed by atoms with Crippen molar-refractivity contribution >= 4 is 15.9 Å². The van der Waals surface area contributed by atoms with Crippen LogP contribution in [-0.4, -0.2) is 17.5 Å². The molecule has 0 aromatic rings. The van der Waals surface area contributed by atoms with Gasteiger partial charge >= 0.3 is 0 Å². The largest absolute Gasteiger partial charge is 0.374 e. The first-order chi connectivity index (χ1) is 4.50. The predicted octanol–water partition coefficient (Wildman–Crippen LogP) is 2.79. The maximum Gasteiger partial charge on any atom is 0.0683 e. The van der Waals surface area contributed by atoms with Gasteiger partial charge in [-0.15, -0.1) is 0 Å². The van der Waals surface area contributed by atoms with E-state index in [1.54, 1.807) is 0 Å². The second-order valence-electron chi connectivity index (χ2n) is 3.05. The number of alkyl halides is 1. The van der Waals surface area contributed by atoms with Gasteiger partial charge in [0.1, 0.15) is 0 Å². The van der Waals surface area contributed by atoms with E-state index in [2.05, 4.69) is 43.6 Å². The third-order valence-corrected chi connectivity index (χ3v) is 2.07. The first-order valence-corrected chi connectivity index (χ1v) is 4.63. The molecule has 0 aliphatic carbocycles. The maximum absolute atomic E-state index is 5.56. The number of rotatable bonds is 4. The summed E-state index contributed by atoms with van der Waals surface area (Å²) in [6, 6.07) is 0. The number of hydrogen-bond donors (Lipinski definition) is 0. The van der Waals surface area contributed by atoms with E-state index < -0.39 is 0 Å². The van der Waals surface area contributed by atoms with Crippen molar-refractivity contribution in [1.29, 1.82) is 0 Å². The van der Waals surface area contributed by atoms with Crippen LogP contribution in [0.15, 0.2) is 0 Å². The van der Waals surface area contributed by atoms with Gasteiger partial charge in [0.2, 0.25) is 0 Å². The summed E-state index contributed by atoms with van der Waals surface area (Å²) in [5.41, 5.74) is -0.0617. The summed E-state index contributed by atoms with van der Waals surface area (Å²) in [7, 11) is 0. The molecule has 0 aliphatic heterocycles. The second-order valence-corrected chi connectivity index (χ2v) is 3.84. The topological polar surface area (TPSA) is 9.23 Å². The van der Waals surface area contributed by atoms with Crippen LogP contribution in [0.2, 0.25) is 0 Å². The molecule has 0 unspecified atom stereocenters. The number of halogens is 1. The third kappa shape index (κ3) is 3.57. The first-order valence-electron chi connectivity index (χ1n) is 3.51. The van der Waals surface area contributed by atoms with E-state index in [9.17, 15) is 0 Å². The minimum absolute atomic E-state index is 0.0617. The molecule has 0 atom stereocenters. The van der Waals surface area contributed by atoms with E-state index in [-0.39, 0.29) is 5.60 Å². The Morgan fingerprint density at radius 1 is 1.40 bits per heavy atom. The van der Waals surface area contributed by atoms with Crippen LogP contribution in [0.5, 0.6) is 0 Å². The molecule has 61 valence electrons. The van der Waals surface area contributed by atoms with E-state index in [1.165, 1.54) is 5.92 Å². The Labute approximate surface area is 72.3 Å². The van der Waals surface area contributed by atoms with Crippen LogP contribution in [0.4, 0.5) is 0 Å². The molecule has 0 fully saturated rings. The summed E-state index contributed by atoms with van der Waals surface area (Å²) in [6.45, 7) is 9.14. The highest BCUT2D eigenvalue weighted by Crippen LogP contribution is 2.21. The van der Waals surface area contributed by atoms with Crippen LogP contribution in [0.3, 0.4) is 0 Å². The Balaban J connectivity index is 3.63. The van der Waals surface area contributed by atoms with Gasteiger partial charge in [0.05, 0.1) is 12.2 Å². The molecule has 2 heteroatoms. The minimum Gasteiger partial charge on any atom is -0.374 e. The van der Waals surface area contributed by atoms with Crippen molar-refractivity contribution in [1.82, 2.24) is 0 Å². The molecule has 0 aromatic heterocycles. The van der Waals surface area contributed by atoms with Crippen molar-refractivity contribution in [2.75, 3.05) is 11.9 Å². The highest BCUT2D eigenvalue weighted by Gasteiger charge is 2.22. The van der Waals surface area contributed by atoms with Crippen molar-refractivity contribution in [3.63, 3.8) is 0 Å². The van der Waals surface area contributed by atoms with Crippen molar-refractivity contribution in [3.8, 4) is 0 Å². The van der Waals surface area contributed by atoms with Crippen LogP contribution >= 0.6 is 15.9 Å². The van der Waals surface area contributed by atoms with Crippen LogP contribution < -0.4 is 0 Å². The van der Waals surface area contributed by atoms with Crippen molar-refractivity contribution < 1.29 is 4.74 Å². The van der Waals surface area contributed by atoms with E-state index in [0.29, 0.717) is 0 Å². The molecular weight excluding hydrogens is 192 g/mol. The van der Waals surface area contributed by atoms with Crippen molar-refractivity contribution in [2.45, 2.75) is 33.3 Å². The van der Waals surface area contributed by atoms with Crippen molar-refractivity contribution in [3.05, 3.63) is 5.92 Å². The fourth-order valence-corrected chi connectivity index (χ4v) is 0.600. The Morgan fingerprint density at radius 2 is 1.90 bits per heavy atom. The second kappa shape index (κ2) is 4.35.